The van der Waals surface area contributed by atoms with Crippen LogP contribution in [0.5, 0.6) is 5.75 Å². The Labute approximate surface area is 140 Å². The number of anilines is 1. The molecule has 2 fully saturated rings. The van der Waals surface area contributed by atoms with Crippen LogP contribution in [0.1, 0.15) is 13.3 Å². The summed E-state index contributed by atoms with van der Waals surface area (Å²) in [4.78, 5) is 24.6. The third-order valence-corrected chi connectivity index (χ3v) is 5.67. The molecule has 0 aromatic heterocycles. The fourth-order valence-electron chi connectivity index (χ4n) is 4.60. The molecule has 0 heterocycles. The maximum atomic E-state index is 12.8. The van der Waals surface area contributed by atoms with E-state index in [-0.39, 0.29) is 17.7 Å². The van der Waals surface area contributed by atoms with Crippen molar-refractivity contribution < 1.29 is 19.4 Å². The summed E-state index contributed by atoms with van der Waals surface area (Å²) < 4.78 is 5.39. The second-order valence-corrected chi connectivity index (χ2v) is 6.94. The summed E-state index contributed by atoms with van der Waals surface area (Å²) in [5.41, 5.74) is 0.672. The molecule has 5 heteroatoms. The molecule has 1 amide bonds. The average molecular weight is 327 g/mol. The highest BCUT2D eigenvalue weighted by Crippen LogP contribution is 2.63. The molecule has 1 aromatic carbocycles. The van der Waals surface area contributed by atoms with Gasteiger partial charge in [-0.1, -0.05) is 12.2 Å². The van der Waals surface area contributed by atoms with Gasteiger partial charge in [-0.2, -0.15) is 0 Å². The smallest absolute Gasteiger partial charge is 0.307 e. The van der Waals surface area contributed by atoms with E-state index in [0.29, 0.717) is 24.1 Å². The number of rotatable bonds is 5. The van der Waals surface area contributed by atoms with E-state index in [1.807, 2.05) is 13.0 Å². The zero-order valence-corrected chi connectivity index (χ0v) is 13.5. The highest BCUT2D eigenvalue weighted by Gasteiger charge is 2.62. The van der Waals surface area contributed by atoms with Crippen LogP contribution in [0.4, 0.5) is 5.69 Å². The van der Waals surface area contributed by atoms with Gasteiger partial charge in [0.25, 0.3) is 0 Å². The van der Waals surface area contributed by atoms with Crippen molar-refractivity contribution in [1.82, 2.24) is 0 Å². The molecule has 0 saturated heterocycles. The van der Waals surface area contributed by atoms with Gasteiger partial charge in [-0.25, -0.2) is 0 Å². The van der Waals surface area contributed by atoms with Crippen molar-refractivity contribution >= 4 is 17.6 Å². The van der Waals surface area contributed by atoms with Crippen LogP contribution in [0.25, 0.3) is 0 Å². The highest BCUT2D eigenvalue weighted by molar-refractivity contribution is 5.96. The van der Waals surface area contributed by atoms with Gasteiger partial charge in [0.1, 0.15) is 5.75 Å². The lowest BCUT2D eigenvalue weighted by atomic mass is 9.62. The normalized spacial score (nSPS) is 35.2. The van der Waals surface area contributed by atoms with Crippen LogP contribution in [-0.2, 0) is 9.59 Å². The van der Waals surface area contributed by atoms with Crippen LogP contribution in [0.2, 0.25) is 0 Å². The number of benzene rings is 1. The van der Waals surface area contributed by atoms with Crippen molar-refractivity contribution in [1.29, 1.82) is 0 Å². The molecule has 0 spiro atoms. The lowest BCUT2D eigenvalue weighted by Gasteiger charge is -2.41. The number of hydrogen-bond donors (Lipinski definition) is 2. The van der Waals surface area contributed by atoms with Gasteiger partial charge in [0.2, 0.25) is 5.91 Å². The number of fused-ring (bicyclic) bond motifs is 1. The van der Waals surface area contributed by atoms with E-state index in [1.54, 1.807) is 24.3 Å². The summed E-state index contributed by atoms with van der Waals surface area (Å²) in [7, 11) is 0. The molecule has 6 unspecified atom stereocenters. The second-order valence-electron chi connectivity index (χ2n) is 6.94. The van der Waals surface area contributed by atoms with Gasteiger partial charge in [0, 0.05) is 5.69 Å². The Balaban J connectivity index is 1.53. The Morgan fingerprint density at radius 1 is 1.12 bits per heavy atom. The SMILES string of the molecule is CCOc1ccc(NC(=O)C2C3C=CC(C4CC34)C2C(=O)O)cc1. The summed E-state index contributed by atoms with van der Waals surface area (Å²) >= 11 is 0. The summed E-state index contributed by atoms with van der Waals surface area (Å²) in [6.45, 7) is 2.50. The number of carboxylic acid groups (broad SMARTS) is 1. The maximum absolute atomic E-state index is 12.8. The van der Waals surface area contributed by atoms with E-state index in [0.717, 1.165) is 12.2 Å². The number of carbonyl (C=O) groups excluding carboxylic acids is 1. The number of aliphatic carboxylic acids is 1. The predicted molar refractivity (Wildman–Crippen MR) is 88.6 cm³/mol. The largest absolute Gasteiger partial charge is 0.494 e. The van der Waals surface area contributed by atoms with Gasteiger partial charge in [-0.3, -0.25) is 9.59 Å². The first-order valence-electron chi connectivity index (χ1n) is 8.55. The van der Waals surface area contributed by atoms with Crippen molar-refractivity contribution in [3.8, 4) is 5.75 Å². The topological polar surface area (TPSA) is 75.6 Å². The van der Waals surface area contributed by atoms with Gasteiger partial charge in [-0.05, 0) is 61.3 Å². The molecular weight excluding hydrogens is 306 g/mol. The second kappa shape index (κ2) is 5.65. The molecule has 5 nitrogen and oxygen atoms in total. The molecule has 126 valence electrons. The third kappa shape index (κ3) is 2.39. The molecule has 2 N–H and O–H groups in total. The van der Waals surface area contributed by atoms with Crippen molar-refractivity contribution in [2.45, 2.75) is 13.3 Å². The van der Waals surface area contributed by atoms with Gasteiger partial charge in [0.15, 0.2) is 0 Å². The lowest BCUT2D eigenvalue weighted by Crippen LogP contribution is -2.48. The number of carboxylic acids is 1. The zero-order valence-electron chi connectivity index (χ0n) is 13.5. The third-order valence-electron chi connectivity index (χ3n) is 5.67. The molecule has 2 bridgehead atoms. The number of hydrogen-bond acceptors (Lipinski definition) is 3. The molecule has 2 saturated carbocycles. The van der Waals surface area contributed by atoms with Crippen LogP contribution in [-0.4, -0.2) is 23.6 Å². The molecule has 5 rings (SSSR count). The quantitative estimate of drug-likeness (QED) is 0.816. The fraction of sp³-hybridized carbons (Fsp3) is 0.474. The van der Waals surface area contributed by atoms with Crippen LogP contribution in [0.3, 0.4) is 0 Å². The zero-order chi connectivity index (χ0) is 16.8. The van der Waals surface area contributed by atoms with Crippen molar-refractivity contribution in [2.24, 2.45) is 35.5 Å². The number of nitrogens with one attached hydrogen (secondary N) is 1. The van der Waals surface area contributed by atoms with Gasteiger partial charge < -0.3 is 15.2 Å². The van der Waals surface area contributed by atoms with Crippen LogP contribution in [0.15, 0.2) is 36.4 Å². The average Bonchev–Trinajstić information content (AvgIpc) is 3.38. The Bertz CT molecular complexity index is 696. The maximum Gasteiger partial charge on any atom is 0.307 e. The first kappa shape index (κ1) is 15.2. The number of amides is 1. The van der Waals surface area contributed by atoms with E-state index >= 15 is 0 Å². The number of allylic oxidation sites excluding steroid dienone is 2. The summed E-state index contributed by atoms with van der Waals surface area (Å²) in [5, 5.41) is 12.5. The minimum Gasteiger partial charge on any atom is -0.494 e. The van der Waals surface area contributed by atoms with E-state index in [9.17, 15) is 14.7 Å². The minimum atomic E-state index is -0.855. The van der Waals surface area contributed by atoms with E-state index in [2.05, 4.69) is 11.4 Å². The standard InChI is InChI=1S/C19H21NO4/c1-2-24-11-5-3-10(4-6-11)20-18(21)16-12-7-8-13(15-9-14(12)15)17(16)19(22)23/h3-8,12-17H,2,9H2,1H3,(H,20,21)(H,22,23). The molecular formula is C19H21NO4. The molecule has 4 aliphatic carbocycles. The first-order chi connectivity index (χ1) is 11.6. The number of carbonyl (C=O) groups is 2. The highest BCUT2D eigenvalue weighted by atomic mass is 16.5. The van der Waals surface area contributed by atoms with Crippen molar-refractivity contribution in [2.75, 3.05) is 11.9 Å². The molecule has 6 atom stereocenters. The Morgan fingerprint density at radius 3 is 2.33 bits per heavy atom. The van der Waals surface area contributed by atoms with Crippen molar-refractivity contribution in [3.05, 3.63) is 36.4 Å². The van der Waals surface area contributed by atoms with Crippen molar-refractivity contribution in [3.63, 3.8) is 0 Å². The molecule has 0 radical (unpaired) electrons. The monoisotopic (exact) mass is 327 g/mol. The van der Waals surface area contributed by atoms with Gasteiger partial charge in [-0.15, -0.1) is 0 Å². The predicted octanol–water partition coefficient (Wildman–Crippen LogP) is 2.79. The lowest BCUT2D eigenvalue weighted by molar-refractivity contribution is -0.152. The number of ether oxygens (including phenoxy) is 1. The Kier molecular flexibility index (Phi) is 3.59. The summed E-state index contributed by atoms with van der Waals surface area (Å²) in [6.07, 6.45) is 5.15. The molecule has 1 aromatic rings. The summed E-state index contributed by atoms with van der Waals surface area (Å²) in [6, 6.07) is 7.18. The molecule has 0 aliphatic heterocycles. The first-order valence-corrected chi connectivity index (χ1v) is 8.55. The van der Waals surface area contributed by atoms with E-state index < -0.39 is 17.8 Å². The Hall–Kier alpha value is -2.30. The van der Waals surface area contributed by atoms with E-state index in [4.69, 9.17) is 4.74 Å². The van der Waals surface area contributed by atoms with Crippen LogP contribution < -0.4 is 10.1 Å². The molecule has 4 aliphatic rings. The summed E-state index contributed by atoms with van der Waals surface area (Å²) in [5.74, 6) is -0.346. The van der Waals surface area contributed by atoms with E-state index in [1.165, 1.54) is 0 Å². The van der Waals surface area contributed by atoms with Crippen LogP contribution in [0, 0.1) is 35.5 Å². The van der Waals surface area contributed by atoms with Gasteiger partial charge >= 0.3 is 5.97 Å². The minimum absolute atomic E-state index is 0.00794. The van der Waals surface area contributed by atoms with Crippen LogP contribution >= 0.6 is 0 Å². The fourth-order valence-corrected chi connectivity index (χ4v) is 4.60. The molecule has 24 heavy (non-hydrogen) atoms. The van der Waals surface area contributed by atoms with Gasteiger partial charge in [0.05, 0.1) is 18.4 Å². The Morgan fingerprint density at radius 2 is 1.75 bits per heavy atom.